The van der Waals surface area contributed by atoms with E-state index in [-0.39, 0.29) is 5.82 Å². The predicted octanol–water partition coefficient (Wildman–Crippen LogP) is 5.72. The molecular formula is C15H19Br2F. The van der Waals surface area contributed by atoms with Gasteiger partial charge in [-0.1, -0.05) is 51.3 Å². The van der Waals surface area contributed by atoms with Gasteiger partial charge in [-0.25, -0.2) is 4.39 Å². The van der Waals surface area contributed by atoms with Gasteiger partial charge in [-0.05, 0) is 55.2 Å². The Kier molecular flexibility index (Phi) is 5.25. The largest absolute Gasteiger partial charge is 0.207 e. The highest BCUT2D eigenvalue weighted by Crippen LogP contribution is 2.37. The molecule has 0 radical (unpaired) electrons. The van der Waals surface area contributed by atoms with Crippen molar-refractivity contribution in [3.63, 3.8) is 0 Å². The molecule has 2 rings (SSSR count). The molecule has 1 aromatic rings. The Morgan fingerprint density at radius 1 is 1.33 bits per heavy atom. The summed E-state index contributed by atoms with van der Waals surface area (Å²) in [6.45, 7) is 2.26. The lowest BCUT2D eigenvalue weighted by molar-refractivity contribution is 0.269. The third kappa shape index (κ3) is 3.57. The molecule has 0 saturated heterocycles. The zero-order chi connectivity index (χ0) is 13.1. The second kappa shape index (κ2) is 6.51. The summed E-state index contributed by atoms with van der Waals surface area (Å²) in [5.41, 5.74) is 0.851. The molecule has 3 unspecified atom stereocenters. The third-order valence-electron chi connectivity index (χ3n) is 4.07. The van der Waals surface area contributed by atoms with E-state index in [2.05, 4.69) is 38.8 Å². The van der Waals surface area contributed by atoms with Gasteiger partial charge in [0.2, 0.25) is 0 Å². The minimum absolute atomic E-state index is 0.0808. The summed E-state index contributed by atoms with van der Waals surface area (Å²) in [4.78, 5) is 0.545. The molecule has 3 atom stereocenters. The molecule has 0 nitrogen and oxygen atoms in total. The number of alkyl halides is 1. The number of benzene rings is 1. The summed E-state index contributed by atoms with van der Waals surface area (Å²) in [5.74, 6) is 1.31. The van der Waals surface area contributed by atoms with Crippen LogP contribution in [0.3, 0.4) is 0 Å². The van der Waals surface area contributed by atoms with E-state index in [1.165, 1.54) is 25.7 Å². The van der Waals surface area contributed by atoms with Crippen LogP contribution in [0.15, 0.2) is 22.7 Å². The maximum atomic E-state index is 13.9. The van der Waals surface area contributed by atoms with E-state index in [1.54, 1.807) is 6.07 Å². The molecule has 1 fully saturated rings. The summed E-state index contributed by atoms with van der Waals surface area (Å²) in [5, 5.41) is 0. The van der Waals surface area contributed by atoms with Crippen molar-refractivity contribution in [2.75, 3.05) is 0 Å². The topological polar surface area (TPSA) is 0 Å². The van der Waals surface area contributed by atoms with E-state index in [1.807, 2.05) is 12.1 Å². The van der Waals surface area contributed by atoms with Crippen LogP contribution in [0.4, 0.5) is 4.39 Å². The predicted molar refractivity (Wildman–Crippen MR) is 81.6 cm³/mol. The molecule has 0 amide bonds. The molecule has 0 aliphatic heterocycles. The van der Waals surface area contributed by atoms with Crippen LogP contribution >= 0.6 is 31.9 Å². The van der Waals surface area contributed by atoms with Gasteiger partial charge >= 0.3 is 0 Å². The molecule has 0 aromatic heterocycles. The van der Waals surface area contributed by atoms with Crippen LogP contribution in [0.25, 0.3) is 0 Å². The first-order chi connectivity index (χ1) is 8.60. The monoisotopic (exact) mass is 376 g/mol. The van der Waals surface area contributed by atoms with Crippen molar-refractivity contribution in [2.45, 2.75) is 43.9 Å². The van der Waals surface area contributed by atoms with Crippen molar-refractivity contribution in [3.05, 3.63) is 34.1 Å². The van der Waals surface area contributed by atoms with Crippen molar-refractivity contribution in [3.8, 4) is 0 Å². The summed E-state index contributed by atoms with van der Waals surface area (Å²) in [6.07, 6.45) is 5.86. The molecule has 0 spiro atoms. The van der Waals surface area contributed by atoms with Crippen LogP contribution in [0.1, 0.15) is 38.2 Å². The Labute approximate surface area is 126 Å². The lowest BCUT2D eigenvalue weighted by Gasteiger charge is -2.33. The fraction of sp³-hybridized carbons (Fsp3) is 0.600. The second-order valence-corrected chi connectivity index (χ2v) is 7.40. The van der Waals surface area contributed by atoms with Gasteiger partial charge in [0.25, 0.3) is 0 Å². The molecule has 3 heteroatoms. The highest BCUT2D eigenvalue weighted by molar-refractivity contribution is 9.10. The zero-order valence-electron chi connectivity index (χ0n) is 10.6. The van der Waals surface area contributed by atoms with Crippen molar-refractivity contribution in [2.24, 2.45) is 11.8 Å². The first-order valence-electron chi connectivity index (χ1n) is 6.68. The van der Waals surface area contributed by atoms with Crippen molar-refractivity contribution < 1.29 is 4.39 Å². The first-order valence-corrected chi connectivity index (χ1v) is 8.39. The van der Waals surface area contributed by atoms with Crippen molar-refractivity contribution in [1.29, 1.82) is 0 Å². The van der Waals surface area contributed by atoms with Gasteiger partial charge in [0, 0.05) is 9.30 Å². The van der Waals surface area contributed by atoms with Gasteiger partial charge in [-0.2, -0.15) is 0 Å². The summed E-state index contributed by atoms with van der Waals surface area (Å²) >= 11 is 7.08. The SMILES string of the molecule is CCC1CCC(Br)C(Cc2ccc(Br)cc2F)C1. The van der Waals surface area contributed by atoms with Crippen LogP contribution in [-0.2, 0) is 6.42 Å². The Balaban J connectivity index is 2.07. The van der Waals surface area contributed by atoms with Gasteiger partial charge in [0.15, 0.2) is 0 Å². The van der Waals surface area contributed by atoms with Crippen molar-refractivity contribution >= 4 is 31.9 Å². The maximum Gasteiger partial charge on any atom is 0.127 e. The van der Waals surface area contributed by atoms with Gasteiger partial charge in [-0.3, -0.25) is 0 Å². The minimum atomic E-state index is -0.0808. The van der Waals surface area contributed by atoms with E-state index < -0.39 is 0 Å². The van der Waals surface area contributed by atoms with Gasteiger partial charge in [0.05, 0.1) is 0 Å². The summed E-state index contributed by atoms with van der Waals surface area (Å²) < 4.78 is 14.7. The minimum Gasteiger partial charge on any atom is -0.207 e. The summed E-state index contributed by atoms with van der Waals surface area (Å²) in [7, 11) is 0. The fourth-order valence-corrected chi connectivity index (χ4v) is 3.88. The van der Waals surface area contributed by atoms with E-state index >= 15 is 0 Å². The van der Waals surface area contributed by atoms with Crippen LogP contribution in [-0.4, -0.2) is 4.83 Å². The Morgan fingerprint density at radius 3 is 2.78 bits per heavy atom. The van der Waals surface area contributed by atoms with Gasteiger partial charge < -0.3 is 0 Å². The van der Waals surface area contributed by atoms with Gasteiger partial charge in [0.1, 0.15) is 5.82 Å². The number of hydrogen-bond acceptors (Lipinski definition) is 0. The summed E-state index contributed by atoms with van der Waals surface area (Å²) in [6, 6.07) is 5.41. The smallest absolute Gasteiger partial charge is 0.127 e. The standard InChI is InChI=1S/C15H19Br2F/c1-2-10-3-6-14(17)12(7-10)8-11-4-5-13(16)9-15(11)18/h4-5,9-10,12,14H,2-3,6-8H2,1H3. The molecule has 0 N–H and O–H groups in total. The van der Waals surface area contributed by atoms with Crippen molar-refractivity contribution in [1.82, 2.24) is 0 Å². The second-order valence-electron chi connectivity index (χ2n) is 5.30. The van der Waals surface area contributed by atoms with E-state index in [0.717, 1.165) is 22.4 Å². The number of halogens is 3. The third-order valence-corrected chi connectivity index (χ3v) is 5.77. The average Bonchev–Trinajstić information content (AvgIpc) is 2.35. The molecule has 0 heterocycles. The zero-order valence-corrected chi connectivity index (χ0v) is 13.8. The Hall–Kier alpha value is 0.110. The quantitative estimate of drug-likeness (QED) is 0.591. The molecule has 0 bridgehead atoms. The highest BCUT2D eigenvalue weighted by atomic mass is 79.9. The average molecular weight is 378 g/mol. The van der Waals surface area contributed by atoms with E-state index in [9.17, 15) is 4.39 Å². The van der Waals surface area contributed by atoms with Crippen LogP contribution in [0, 0.1) is 17.7 Å². The molecule has 18 heavy (non-hydrogen) atoms. The Morgan fingerprint density at radius 2 is 2.11 bits per heavy atom. The van der Waals surface area contributed by atoms with Crippen LogP contribution in [0.5, 0.6) is 0 Å². The van der Waals surface area contributed by atoms with E-state index in [0.29, 0.717) is 10.7 Å². The number of rotatable bonds is 3. The van der Waals surface area contributed by atoms with Crippen LogP contribution < -0.4 is 0 Å². The lowest BCUT2D eigenvalue weighted by atomic mass is 9.77. The molecule has 100 valence electrons. The lowest BCUT2D eigenvalue weighted by Crippen LogP contribution is -2.26. The molecule has 1 aromatic carbocycles. The Bertz CT molecular complexity index is 405. The van der Waals surface area contributed by atoms with Gasteiger partial charge in [-0.15, -0.1) is 0 Å². The molecule has 1 saturated carbocycles. The fourth-order valence-electron chi connectivity index (χ4n) is 2.88. The molecular weight excluding hydrogens is 359 g/mol. The van der Waals surface area contributed by atoms with E-state index in [4.69, 9.17) is 0 Å². The molecule has 1 aliphatic carbocycles. The number of hydrogen-bond donors (Lipinski definition) is 0. The first kappa shape index (κ1) is 14.5. The van der Waals surface area contributed by atoms with Crippen LogP contribution in [0.2, 0.25) is 0 Å². The molecule has 1 aliphatic rings. The highest BCUT2D eigenvalue weighted by Gasteiger charge is 2.28. The maximum absolute atomic E-state index is 13.9. The normalized spacial score (nSPS) is 28.3.